The molecule has 0 aliphatic heterocycles. The molecule has 0 saturated carbocycles. The molecule has 0 aliphatic rings. The number of hydrogen-bond acceptors (Lipinski definition) is 1. The summed E-state index contributed by atoms with van der Waals surface area (Å²) in [5.74, 6) is 0.696. The van der Waals surface area contributed by atoms with Crippen LogP contribution in [0.3, 0.4) is 0 Å². The van der Waals surface area contributed by atoms with Crippen molar-refractivity contribution < 1.29 is 9.13 Å². The molecule has 2 aromatic rings. The monoisotopic (exact) mass is 250 g/mol. The molecule has 0 radical (unpaired) electrons. The van der Waals surface area contributed by atoms with Crippen molar-refractivity contribution in [1.82, 2.24) is 0 Å². The summed E-state index contributed by atoms with van der Waals surface area (Å²) in [6.45, 7) is 3.93. The third kappa shape index (κ3) is 2.77. The van der Waals surface area contributed by atoms with Gasteiger partial charge in [0.15, 0.2) is 0 Å². The number of hydrogen-bond donors (Lipinski definition) is 0. The van der Waals surface area contributed by atoms with Gasteiger partial charge in [-0.1, -0.05) is 23.7 Å². The van der Waals surface area contributed by atoms with Crippen molar-refractivity contribution in [3.05, 3.63) is 58.4 Å². The van der Waals surface area contributed by atoms with Crippen molar-refractivity contribution in [2.75, 3.05) is 0 Å². The fraction of sp³-hybridized carbons (Fsp3) is 0.143. The first-order chi connectivity index (χ1) is 8.06. The normalized spacial score (nSPS) is 10.4. The highest BCUT2D eigenvalue weighted by molar-refractivity contribution is 6.30. The van der Waals surface area contributed by atoms with Gasteiger partial charge in [-0.2, -0.15) is 0 Å². The fourth-order valence-electron chi connectivity index (χ4n) is 1.48. The van der Waals surface area contributed by atoms with Crippen LogP contribution in [0.1, 0.15) is 11.1 Å². The van der Waals surface area contributed by atoms with Gasteiger partial charge in [0.2, 0.25) is 0 Å². The first-order valence-electron chi connectivity index (χ1n) is 5.26. The lowest BCUT2D eigenvalue weighted by Crippen LogP contribution is -1.89. The molecule has 0 amide bonds. The average Bonchev–Trinajstić information content (AvgIpc) is 2.29. The molecule has 0 atom stereocenters. The minimum Gasteiger partial charge on any atom is -0.457 e. The number of ether oxygens (including phenoxy) is 1. The average molecular weight is 251 g/mol. The fourth-order valence-corrected chi connectivity index (χ4v) is 1.60. The van der Waals surface area contributed by atoms with E-state index in [-0.39, 0.29) is 5.02 Å². The van der Waals surface area contributed by atoms with Gasteiger partial charge in [-0.15, -0.1) is 0 Å². The van der Waals surface area contributed by atoms with Crippen molar-refractivity contribution >= 4 is 11.6 Å². The second kappa shape index (κ2) is 4.76. The molecule has 0 saturated heterocycles. The second-order valence-corrected chi connectivity index (χ2v) is 4.35. The molecule has 1 nitrogen and oxygen atoms in total. The van der Waals surface area contributed by atoms with Crippen LogP contribution in [0.2, 0.25) is 5.02 Å². The van der Waals surface area contributed by atoms with Crippen LogP contribution in [-0.4, -0.2) is 0 Å². The Balaban J connectivity index is 2.31. The maximum atomic E-state index is 13.2. The maximum Gasteiger partial charge on any atom is 0.145 e. The van der Waals surface area contributed by atoms with E-state index in [0.717, 1.165) is 16.9 Å². The molecule has 17 heavy (non-hydrogen) atoms. The summed E-state index contributed by atoms with van der Waals surface area (Å²) < 4.78 is 18.9. The van der Waals surface area contributed by atoms with E-state index in [1.807, 2.05) is 32.0 Å². The van der Waals surface area contributed by atoms with Gasteiger partial charge in [-0.3, -0.25) is 0 Å². The second-order valence-electron chi connectivity index (χ2n) is 3.95. The van der Waals surface area contributed by atoms with Crippen LogP contribution < -0.4 is 4.74 Å². The molecule has 88 valence electrons. The Morgan fingerprint density at radius 1 is 1.06 bits per heavy atom. The van der Waals surface area contributed by atoms with Gasteiger partial charge in [0, 0.05) is 6.07 Å². The number of benzene rings is 2. The van der Waals surface area contributed by atoms with Crippen molar-refractivity contribution in [3.63, 3.8) is 0 Å². The van der Waals surface area contributed by atoms with Crippen LogP contribution in [0.4, 0.5) is 4.39 Å². The summed E-state index contributed by atoms with van der Waals surface area (Å²) in [4.78, 5) is 0. The molecule has 0 heterocycles. The van der Waals surface area contributed by atoms with Gasteiger partial charge < -0.3 is 4.74 Å². The Morgan fingerprint density at radius 2 is 1.82 bits per heavy atom. The molecule has 2 rings (SSSR count). The van der Waals surface area contributed by atoms with E-state index < -0.39 is 5.82 Å². The number of aryl methyl sites for hydroxylation is 2. The van der Waals surface area contributed by atoms with E-state index in [2.05, 4.69) is 0 Å². The lowest BCUT2D eigenvalue weighted by atomic mass is 10.1. The van der Waals surface area contributed by atoms with Crippen LogP contribution in [0.5, 0.6) is 11.5 Å². The zero-order valence-corrected chi connectivity index (χ0v) is 10.4. The van der Waals surface area contributed by atoms with E-state index in [1.165, 1.54) is 12.1 Å². The molecular formula is C14H12ClFO. The number of halogens is 2. The predicted octanol–water partition coefficient (Wildman–Crippen LogP) is 4.89. The van der Waals surface area contributed by atoms with Crippen LogP contribution in [0, 0.1) is 19.7 Å². The van der Waals surface area contributed by atoms with Gasteiger partial charge in [0.25, 0.3) is 0 Å². The molecule has 0 spiro atoms. The zero-order valence-electron chi connectivity index (χ0n) is 9.63. The van der Waals surface area contributed by atoms with Crippen LogP contribution in [0.25, 0.3) is 0 Å². The topological polar surface area (TPSA) is 9.23 Å². The van der Waals surface area contributed by atoms with Crippen molar-refractivity contribution in [2.24, 2.45) is 0 Å². The molecule has 3 heteroatoms. The zero-order chi connectivity index (χ0) is 12.4. The predicted molar refractivity (Wildman–Crippen MR) is 67.4 cm³/mol. The van der Waals surface area contributed by atoms with E-state index in [9.17, 15) is 4.39 Å². The van der Waals surface area contributed by atoms with Gasteiger partial charge in [-0.05, 0) is 43.2 Å². The first-order valence-corrected chi connectivity index (χ1v) is 5.64. The Hall–Kier alpha value is -1.54. The van der Waals surface area contributed by atoms with E-state index in [0.29, 0.717) is 5.75 Å². The molecule has 0 fully saturated rings. The Kier molecular flexibility index (Phi) is 3.34. The highest BCUT2D eigenvalue weighted by atomic mass is 35.5. The summed E-state index contributed by atoms with van der Waals surface area (Å²) in [6, 6.07) is 10.3. The summed E-state index contributed by atoms with van der Waals surface area (Å²) >= 11 is 5.61. The van der Waals surface area contributed by atoms with Gasteiger partial charge >= 0.3 is 0 Å². The highest BCUT2D eigenvalue weighted by Crippen LogP contribution is 2.28. The third-order valence-corrected chi connectivity index (χ3v) is 2.77. The molecule has 0 N–H and O–H groups in total. The standard InChI is InChI=1S/C14H12ClFO/c1-9-3-4-10(2)14(7-9)17-11-5-6-12(15)13(16)8-11/h3-8H,1-2H3. The van der Waals surface area contributed by atoms with Gasteiger partial charge in [0.05, 0.1) is 5.02 Å². The molecule has 0 aromatic heterocycles. The molecular weight excluding hydrogens is 239 g/mol. The lowest BCUT2D eigenvalue weighted by Gasteiger charge is -2.09. The lowest BCUT2D eigenvalue weighted by molar-refractivity contribution is 0.473. The van der Waals surface area contributed by atoms with Crippen LogP contribution in [-0.2, 0) is 0 Å². The van der Waals surface area contributed by atoms with E-state index >= 15 is 0 Å². The number of rotatable bonds is 2. The summed E-state index contributed by atoms with van der Waals surface area (Å²) in [6.07, 6.45) is 0. The highest BCUT2D eigenvalue weighted by Gasteiger charge is 2.05. The summed E-state index contributed by atoms with van der Waals surface area (Å²) in [5.41, 5.74) is 2.10. The quantitative estimate of drug-likeness (QED) is 0.737. The van der Waals surface area contributed by atoms with Crippen molar-refractivity contribution in [2.45, 2.75) is 13.8 Å². The van der Waals surface area contributed by atoms with Crippen molar-refractivity contribution in [1.29, 1.82) is 0 Å². The van der Waals surface area contributed by atoms with Crippen LogP contribution >= 0.6 is 11.6 Å². The minimum atomic E-state index is -0.477. The molecule has 0 aliphatic carbocycles. The minimum absolute atomic E-state index is 0.0957. The van der Waals surface area contributed by atoms with Gasteiger partial charge in [0.1, 0.15) is 17.3 Å². The summed E-state index contributed by atoms with van der Waals surface area (Å²) in [5, 5.41) is 0.0957. The SMILES string of the molecule is Cc1ccc(C)c(Oc2ccc(Cl)c(F)c2)c1. The van der Waals surface area contributed by atoms with E-state index in [1.54, 1.807) is 6.07 Å². The summed E-state index contributed by atoms with van der Waals surface area (Å²) in [7, 11) is 0. The Bertz CT molecular complexity index is 552. The Morgan fingerprint density at radius 3 is 2.53 bits per heavy atom. The Labute approximate surface area is 105 Å². The maximum absolute atomic E-state index is 13.2. The molecule has 0 unspecified atom stereocenters. The smallest absolute Gasteiger partial charge is 0.145 e. The molecule has 0 bridgehead atoms. The van der Waals surface area contributed by atoms with E-state index in [4.69, 9.17) is 16.3 Å². The van der Waals surface area contributed by atoms with Crippen LogP contribution in [0.15, 0.2) is 36.4 Å². The molecule has 2 aromatic carbocycles. The first kappa shape index (κ1) is 11.9. The third-order valence-electron chi connectivity index (χ3n) is 2.46. The van der Waals surface area contributed by atoms with Crippen molar-refractivity contribution in [3.8, 4) is 11.5 Å². The van der Waals surface area contributed by atoms with Gasteiger partial charge in [-0.25, -0.2) is 4.39 Å². The largest absolute Gasteiger partial charge is 0.457 e.